The predicted octanol–water partition coefficient (Wildman–Crippen LogP) is 5.15. The van der Waals surface area contributed by atoms with Gasteiger partial charge in [0.05, 0.1) is 12.0 Å². The molecule has 2 aliphatic rings. The van der Waals surface area contributed by atoms with Gasteiger partial charge in [0.25, 0.3) is 0 Å². The first-order valence-electron chi connectivity index (χ1n) is 14.9. The van der Waals surface area contributed by atoms with E-state index in [1.807, 2.05) is 51.1 Å². The molecule has 0 spiro atoms. The number of carbonyl (C=O) groups excluding carboxylic acids is 4. The van der Waals surface area contributed by atoms with Gasteiger partial charge in [-0.25, -0.2) is 4.79 Å². The van der Waals surface area contributed by atoms with E-state index in [0.29, 0.717) is 49.0 Å². The third kappa shape index (κ3) is 6.38. The number of hydrogen-bond donors (Lipinski definition) is 3. The van der Waals surface area contributed by atoms with E-state index < -0.39 is 30.0 Å². The molecule has 3 N–H and O–H groups in total. The van der Waals surface area contributed by atoms with Crippen molar-refractivity contribution in [2.24, 2.45) is 5.92 Å². The maximum atomic E-state index is 14.8. The van der Waals surface area contributed by atoms with E-state index in [1.54, 1.807) is 45.4 Å². The molecular formula is C33H38ClN5O4S. The Kier molecular flexibility index (Phi) is 9.72. The van der Waals surface area contributed by atoms with Crippen LogP contribution in [0.3, 0.4) is 0 Å². The van der Waals surface area contributed by atoms with Crippen molar-refractivity contribution in [3.8, 4) is 0 Å². The number of halogens is 1. The number of amides is 4. The zero-order chi connectivity index (χ0) is 31.5. The molecule has 0 saturated carbocycles. The summed E-state index contributed by atoms with van der Waals surface area (Å²) in [6.45, 7) is 9.81. The van der Waals surface area contributed by atoms with Gasteiger partial charge in [0.1, 0.15) is 6.04 Å². The molecule has 0 aliphatic carbocycles. The highest BCUT2D eigenvalue weighted by Crippen LogP contribution is 2.52. The van der Waals surface area contributed by atoms with Gasteiger partial charge in [0, 0.05) is 71.6 Å². The van der Waals surface area contributed by atoms with Gasteiger partial charge in [-0.3, -0.25) is 14.4 Å². The van der Waals surface area contributed by atoms with Crippen LogP contribution in [0.25, 0.3) is 0 Å². The second-order valence-corrected chi connectivity index (χ2v) is 13.2. The van der Waals surface area contributed by atoms with Crippen LogP contribution in [0.1, 0.15) is 57.0 Å². The van der Waals surface area contributed by atoms with E-state index in [2.05, 4.69) is 16.0 Å². The topological polar surface area (TPSA) is 111 Å². The number of piperazine rings is 1. The van der Waals surface area contributed by atoms with Gasteiger partial charge in [-0.15, -0.1) is 11.3 Å². The molecule has 4 atom stereocenters. The number of carbonyl (C=O) groups is 4. The van der Waals surface area contributed by atoms with Gasteiger partial charge in [-0.05, 0) is 62.2 Å². The minimum atomic E-state index is -0.957. The molecule has 2 aliphatic heterocycles. The van der Waals surface area contributed by atoms with Crippen LogP contribution < -0.4 is 16.0 Å². The highest BCUT2D eigenvalue weighted by Gasteiger charge is 2.58. The molecule has 11 heteroatoms. The van der Waals surface area contributed by atoms with Crippen molar-refractivity contribution in [3.63, 3.8) is 0 Å². The molecule has 1 aromatic heterocycles. The lowest BCUT2D eigenvalue weighted by Gasteiger charge is -2.36. The summed E-state index contributed by atoms with van der Waals surface area (Å²) in [6, 6.07) is 14.2. The normalized spacial score (nSPS) is 21.7. The van der Waals surface area contributed by atoms with Gasteiger partial charge in [0.15, 0.2) is 5.78 Å². The van der Waals surface area contributed by atoms with E-state index >= 15 is 0 Å². The molecule has 2 aromatic carbocycles. The van der Waals surface area contributed by atoms with E-state index in [1.165, 1.54) is 6.92 Å². The van der Waals surface area contributed by atoms with Crippen LogP contribution in [0, 0.1) is 19.8 Å². The fraction of sp³-hybridized carbons (Fsp3) is 0.394. The van der Waals surface area contributed by atoms with Crippen molar-refractivity contribution >= 4 is 52.3 Å². The van der Waals surface area contributed by atoms with Crippen molar-refractivity contribution in [1.82, 2.24) is 20.4 Å². The zero-order valence-electron chi connectivity index (χ0n) is 25.4. The Hall–Kier alpha value is -3.73. The first kappa shape index (κ1) is 31.7. The Balaban J connectivity index is 1.75. The number of likely N-dealkylation sites (tertiary alicyclic amines) is 1. The summed E-state index contributed by atoms with van der Waals surface area (Å²) in [5.41, 5.74) is 2.66. The minimum absolute atomic E-state index is 0.118. The molecule has 4 unspecified atom stereocenters. The van der Waals surface area contributed by atoms with Crippen LogP contribution in [-0.4, -0.2) is 72.2 Å². The monoisotopic (exact) mass is 635 g/mol. The number of rotatable bonds is 7. The Morgan fingerprint density at radius 1 is 0.977 bits per heavy atom. The summed E-state index contributed by atoms with van der Waals surface area (Å²) < 4.78 is 0. The molecule has 4 amide bonds. The number of nitrogens with one attached hydrogen (secondary N) is 3. The molecule has 232 valence electrons. The lowest BCUT2D eigenvalue weighted by molar-refractivity contribution is -0.136. The average molecular weight is 636 g/mol. The van der Waals surface area contributed by atoms with Gasteiger partial charge in [-0.2, -0.15) is 0 Å². The third-order valence-electron chi connectivity index (χ3n) is 8.35. The maximum Gasteiger partial charge on any atom is 0.318 e. The molecule has 3 aromatic rings. The third-order valence-corrected chi connectivity index (χ3v) is 9.57. The summed E-state index contributed by atoms with van der Waals surface area (Å²) in [4.78, 5) is 60.5. The van der Waals surface area contributed by atoms with Crippen LogP contribution in [0.15, 0.2) is 54.6 Å². The summed E-state index contributed by atoms with van der Waals surface area (Å²) in [5.74, 6) is -1.96. The van der Waals surface area contributed by atoms with Gasteiger partial charge >= 0.3 is 6.03 Å². The molecule has 2 fully saturated rings. The first-order valence-corrected chi connectivity index (χ1v) is 16.1. The smallest absolute Gasteiger partial charge is 0.318 e. The van der Waals surface area contributed by atoms with Crippen LogP contribution in [0.5, 0.6) is 0 Å². The van der Waals surface area contributed by atoms with Gasteiger partial charge in [-0.1, -0.05) is 35.9 Å². The first-order chi connectivity index (χ1) is 21.1. The standard InChI is InChI=1S/C33H38ClN5O4S/c1-5-36-33(43)39-29(23-6-10-24(34)11-7-23)28(31(41)26-18-19(2)44-20(26)3)27(22-8-12-25(13-9-22)37-21(4)40)30(39)32(42)38-16-14-35-15-17-38/h6-13,18,27-30,35H,5,14-17H2,1-4H3,(H,36,43)(H,37,40). The average Bonchev–Trinajstić information content (AvgIpc) is 3.54. The number of hydrogen-bond acceptors (Lipinski definition) is 6. The highest BCUT2D eigenvalue weighted by atomic mass is 35.5. The molecular weight excluding hydrogens is 598 g/mol. The van der Waals surface area contributed by atoms with E-state index in [0.717, 1.165) is 20.9 Å². The molecule has 2 saturated heterocycles. The fourth-order valence-corrected chi connectivity index (χ4v) is 7.58. The zero-order valence-corrected chi connectivity index (χ0v) is 26.9. The van der Waals surface area contributed by atoms with Gasteiger partial charge < -0.3 is 25.8 Å². The Morgan fingerprint density at radius 3 is 2.18 bits per heavy atom. The number of ketones is 1. The van der Waals surface area contributed by atoms with E-state index in [-0.39, 0.29) is 17.6 Å². The van der Waals surface area contributed by atoms with Crippen LogP contribution >= 0.6 is 22.9 Å². The molecule has 0 bridgehead atoms. The highest BCUT2D eigenvalue weighted by molar-refractivity contribution is 7.12. The Labute approximate surface area is 266 Å². The van der Waals surface area contributed by atoms with E-state index in [4.69, 9.17) is 11.6 Å². The number of thiophene rings is 1. The molecule has 9 nitrogen and oxygen atoms in total. The molecule has 3 heterocycles. The lowest BCUT2D eigenvalue weighted by Crippen LogP contribution is -2.56. The molecule has 5 rings (SSSR count). The Bertz CT molecular complexity index is 1530. The summed E-state index contributed by atoms with van der Waals surface area (Å²) >= 11 is 7.84. The summed E-state index contributed by atoms with van der Waals surface area (Å²) in [6.07, 6.45) is 0. The Morgan fingerprint density at radius 2 is 1.61 bits per heavy atom. The van der Waals surface area contributed by atoms with Crippen molar-refractivity contribution in [3.05, 3.63) is 86.1 Å². The molecule has 0 radical (unpaired) electrons. The maximum absolute atomic E-state index is 14.8. The van der Waals surface area contributed by atoms with Crippen LogP contribution in [0.4, 0.5) is 10.5 Å². The fourth-order valence-electron chi connectivity index (χ4n) is 6.52. The second-order valence-electron chi connectivity index (χ2n) is 11.3. The molecule has 44 heavy (non-hydrogen) atoms. The minimum Gasteiger partial charge on any atom is -0.338 e. The van der Waals surface area contributed by atoms with Crippen molar-refractivity contribution in [2.45, 2.75) is 45.7 Å². The summed E-state index contributed by atoms with van der Waals surface area (Å²) in [7, 11) is 0. The van der Waals surface area contributed by atoms with Crippen molar-refractivity contribution in [1.29, 1.82) is 0 Å². The largest absolute Gasteiger partial charge is 0.338 e. The van der Waals surface area contributed by atoms with Crippen molar-refractivity contribution in [2.75, 3.05) is 38.0 Å². The number of nitrogens with zero attached hydrogens (tertiary/aromatic N) is 2. The SMILES string of the molecule is CCNC(=O)N1C(C(=O)N2CCNCC2)C(c2ccc(NC(C)=O)cc2)C(C(=O)c2cc(C)sc2C)C1c1ccc(Cl)cc1. The number of benzene rings is 2. The van der Waals surface area contributed by atoms with Crippen LogP contribution in [0.2, 0.25) is 5.02 Å². The van der Waals surface area contributed by atoms with Gasteiger partial charge in [0.2, 0.25) is 11.8 Å². The number of Topliss-reactive ketones (excluding diaryl/α,β-unsaturated/α-hetero) is 1. The summed E-state index contributed by atoms with van der Waals surface area (Å²) in [5, 5.41) is 9.53. The van der Waals surface area contributed by atoms with Crippen molar-refractivity contribution < 1.29 is 19.2 Å². The number of anilines is 1. The van der Waals surface area contributed by atoms with E-state index in [9.17, 15) is 19.2 Å². The number of urea groups is 1. The lowest BCUT2D eigenvalue weighted by atomic mass is 9.76. The predicted molar refractivity (Wildman–Crippen MR) is 173 cm³/mol. The second kappa shape index (κ2) is 13.5. The number of aryl methyl sites for hydroxylation is 2. The van der Waals surface area contributed by atoms with Crippen LogP contribution in [-0.2, 0) is 9.59 Å². The quantitative estimate of drug-likeness (QED) is 0.311.